The maximum absolute atomic E-state index is 0. The molecule has 0 rings (SSSR count). The molecule has 0 amide bonds. The van der Waals surface area contributed by atoms with Gasteiger partial charge in [0.15, 0.2) is 0 Å². The van der Waals surface area contributed by atoms with Crippen LogP contribution in [0.2, 0.25) is 0 Å². The molecule has 0 aliphatic rings. The van der Waals surface area contributed by atoms with Gasteiger partial charge >= 0.3 is 51.4 Å². The first-order valence-corrected chi connectivity index (χ1v) is 0. The molecule has 9 nitrogen and oxygen atoms in total. The van der Waals surface area contributed by atoms with Crippen LogP contribution < -0.4 is 51.4 Å². The largest absolute Gasteiger partial charge is 1.00 e. The first-order valence-electron chi connectivity index (χ1n) is 0. The molecule has 0 aromatic carbocycles. The van der Waals surface area contributed by atoms with E-state index in [9.17, 15) is 0 Å². The second-order valence-electron chi connectivity index (χ2n) is 0. The van der Waals surface area contributed by atoms with Gasteiger partial charge in [0, 0.05) is 24.4 Å². The molecule has 11 heavy (non-hydrogen) atoms. The van der Waals surface area contributed by atoms with E-state index < -0.39 is 0 Å². The molecule has 0 spiro atoms. The molecule has 0 aromatic rings. The van der Waals surface area contributed by atoms with E-state index in [1.54, 1.807) is 0 Å². The molecule has 0 saturated heterocycles. The first-order chi connectivity index (χ1) is 0. The van der Waals surface area contributed by atoms with Crippen molar-refractivity contribution >= 4 is 24.4 Å². The summed E-state index contributed by atoms with van der Waals surface area (Å²) in [6.07, 6.45) is 0. The molecule has 0 heterocycles. The van der Waals surface area contributed by atoms with Gasteiger partial charge in [-0.15, -0.1) is 0 Å². The standard InChI is InChI=1S/K.9H2O.Sb/h;9*1H2;/q+1;;;;;;;;;;. The SMILES string of the molecule is O.O.O.O.O.O.O.O.O.[K+].[Sb]. The van der Waals surface area contributed by atoms with Gasteiger partial charge in [-0.1, -0.05) is 0 Å². The number of hydrogen-bond acceptors (Lipinski definition) is 0. The second-order valence-corrected chi connectivity index (χ2v) is 0. The molecule has 3 radical (unpaired) electrons. The molecule has 11 heteroatoms. The first kappa shape index (κ1) is 437. The zero-order valence-corrected chi connectivity index (χ0v) is 11.6. The normalized spacial score (nSPS) is 0. The van der Waals surface area contributed by atoms with Crippen molar-refractivity contribution in [1.29, 1.82) is 0 Å². The fourth-order valence-electron chi connectivity index (χ4n) is 0. The van der Waals surface area contributed by atoms with Gasteiger partial charge in [0.2, 0.25) is 0 Å². The Hall–Kier alpha value is 2.09. The summed E-state index contributed by atoms with van der Waals surface area (Å²) in [6, 6.07) is 0. The predicted octanol–water partition coefficient (Wildman–Crippen LogP) is -10.8. The van der Waals surface area contributed by atoms with Crippen molar-refractivity contribution in [3.8, 4) is 0 Å². The molecule has 0 atom stereocenters. The average molecular weight is 323 g/mol. The van der Waals surface area contributed by atoms with Gasteiger partial charge in [0.1, 0.15) is 0 Å². The molecule has 18 N–H and O–H groups in total. The third kappa shape index (κ3) is 281. The van der Waals surface area contributed by atoms with E-state index in [2.05, 4.69) is 0 Å². The van der Waals surface area contributed by atoms with Crippen molar-refractivity contribution < 1.29 is 101 Å². The van der Waals surface area contributed by atoms with Crippen LogP contribution >= 0.6 is 0 Å². The number of rotatable bonds is 0. The molecule has 0 saturated carbocycles. The molecule has 0 fully saturated rings. The third-order valence-electron chi connectivity index (χ3n) is 0. The van der Waals surface area contributed by atoms with E-state index in [1.807, 2.05) is 0 Å². The van der Waals surface area contributed by atoms with Crippen molar-refractivity contribution in [2.75, 3.05) is 0 Å². The molecular formula is H18KO9Sb+. The van der Waals surface area contributed by atoms with Crippen LogP contribution in [0.4, 0.5) is 0 Å². The van der Waals surface area contributed by atoms with Crippen molar-refractivity contribution in [1.82, 2.24) is 0 Å². The van der Waals surface area contributed by atoms with Gasteiger partial charge in [-0.05, 0) is 0 Å². The predicted molar refractivity (Wildman–Crippen MR) is 38.3 cm³/mol. The quantitative estimate of drug-likeness (QED) is 0.375. The van der Waals surface area contributed by atoms with Crippen LogP contribution in [-0.4, -0.2) is 73.7 Å². The van der Waals surface area contributed by atoms with Gasteiger partial charge in [-0.25, -0.2) is 0 Å². The summed E-state index contributed by atoms with van der Waals surface area (Å²) in [5, 5.41) is 0. The van der Waals surface area contributed by atoms with Crippen molar-refractivity contribution in [2.45, 2.75) is 0 Å². The van der Waals surface area contributed by atoms with Crippen LogP contribution in [0.1, 0.15) is 0 Å². The Balaban J connectivity index is 0. The van der Waals surface area contributed by atoms with Crippen LogP contribution in [0, 0.1) is 0 Å². The molecule has 0 aliphatic heterocycles. The smallest absolute Gasteiger partial charge is 0.412 e. The molecule has 77 valence electrons. The van der Waals surface area contributed by atoms with E-state index in [4.69, 9.17) is 0 Å². The summed E-state index contributed by atoms with van der Waals surface area (Å²) >= 11 is 0. The Morgan fingerprint density at radius 2 is 0.273 bits per heavy atom. The summed E-state index contributed by atoms with van der Waals surface area (Å²) in [5.41, 5.74) is 0. The van der Waals surface area contributed by atoms with E-state index in [0.29, 0.717) is 0 Å². The van der Waals surface area contributed by atoms with Gasteiger partial charge < -0.3 is 49.3 Å². The van der Waals surface area contributed by atoms with Crippen molar-refractivity contribution in [3.63, 3.8) is 0 Å². The molecule has 0 aromatic heterocycles. The third-order valence-corrected chi connectivity index (χ3v) is 0. The Labute approximate surface area is 123 Å². The topological polar surface area (TPSA) is 284 Å². The van der Waals surface area contributed by atoms with Gasteiger partial charge in [0.05, 0.1) is 0 Å². The Bertz CT molecular complexity index is 9.52. The minimum Gasteiger partial charge on any atom is -0.412 e. The van der Waals surface area contributed by atoms with Crippen LogP contribution in [0.25, 0.3) is 0 Å². The average Bonchev–Trinajstić information content (AvgIpc) is 0. The Kier molecular flexibility index (Phi) is 13500. The monoisotopic (exact) mass is 322 g/mol. The van der Waals surface area contributed by atoms with Crippen LogP contribution in [0.15, 0.2) is 0 Å². The molecule has 0 bridgehead atoms. The summed E-state index contributed by atoms with van der Waals surface area (Å²) in [4.78, 5) is 0. The van der Waals surface area contributed by atoms with Gasteiger partial charge in [-0.2, -0.15) is 0 Å². The Morgan fingerprint density at radius 3 is 0.273 bits per heavy atom. The minimum atomic E-state index is 0. The fourth-order valence-corrected chi connectivity index (χ4v) is 0. The summed E-state index contributed by atoms with van der Waals surface area (Å²) in [7, 11) is 0. The zero-order valence-electron chi connectivity index (χ0n) is 5.95. The second kappa shape index (κ2) is 339. The Morgan fingerprint density at radius 1 is 0.273 bits per heavy atom. The van der Waals surface area contributed by atoms with E-state index in [0.717, 1.165) is 0 Å². The fraction of sp³-hybridized carbons (Fsp3) is 0. The van der Waals surface area contributed by atoms with E-state index >= 15 is 0 Å². The number of hydrogen-bond donors (Lipinski definition) is 0. The maximum atomic E-state index is 0. The van der Waals surface area contributed by atoms with Crippen LogP contribution in [0.5, 0.6) is 0 Å². The van der Waals surface area contributed by atoms with Crippen LogP contribution in [0.3, 0.4) is 0 Å². The maximum Gasteiger partial charge on any atom is 1.00 e. The molecular weight excluding hydrogens is 305 g/mol. The minimum absolute atomic E-state index is 0. The van der Waals surface area contributed by atoms with Gasteiger partial charge in [-0.3, -0.25) is 0 Å². The molecule has 0 aliphatic carbocycles. The summed E-state index contributed by atoms with van der Waals surface area (Å²) in [6.45, 7) is 0. The van der Waals surface area contributed by atoms with Crippen molar-refractivity contribution in [3.05, 3.63) is 0 Å². The zero-order chi connectivity index (χ0) is 0. The van der Waals surface area contributed by atoms with Crippen molar-refractivity contribution in [2.24, 2.45) is 0 Å². The van der Waals surface area contributed by atoms with E-state index in [-0.39, 0.29) is 125 Å². The molecule has 0 unspecified atom stereocenters. The van der Waals surface area contributed by atoms with E-state index in [1.165, 1.54) is 0 Å². The summed E-state index contributed by atoms with van der Waals surface area (Å²) in [5.74, 6) is 0. The summed E-state index contributed by atoms with van der Waals surface area (Å²) < 4.78 is 0. The van der Waals surface area contributed by atoms with Gasteiger partial charge in [0.25, 0.3) is 0 Å². The van der Waals surface area contributed by atoms with Crippen LogP contribution in [-0.2, 0) is 0 Å².